The first-order chi connectivity index (χ1) is 4.39. The van der Waals surface area contributed by atoms with Crippen molar-refractivity contribution >= 4 is 0 Å². The average molecular weight is 120 g/mol. The highest BCUT2D eigenvalue weighted by Crippen LogP contribution is 2.03. The van der Waals surface area contributed by atoms with Crippen LogP contribution in [0.15, 0.2) is 36.0 Å². The normalized spacial score (nSPS) is 18.6. The second-order valence-electron chi connectivity index (χ2n) is 2.32. The van der Waals surface area contributed by atoms with Crippen LogP contribution < -0.4 is 0 Å². The first-order valence-corrected chi connectivity index (χ1v) is 3.39. The van der Waals surface area contributed by atoms with Crippen LogP contribution in [-0.2, 0) is 0 Å². The molecule has 0 aromatic carbocycles. The molecule has 0 saturated heterocycles. The molecule has 9 heavy (non-hydrogen) atoms. The van der Waals surface area contributed by atoms with Gasteiger partial charge in [-0.15, -0.1) is 0 Å². The van der Waals surface area contributed by atoms with E-state index in [-0.39, 0.29) is 0 Å². The molecular formula is C9H12. The lowest BCUT2D eigenvalue weighted by Gasteiger charge is -1.92. The average Bonchev–Trinajstić information content (AvgIpc) is 1.79. The van der Waals surface area contributed by atoms with E-state index in [1.807, 2.05) is 0 Å². The molecule has 48 valence electrons. The van der Waals surface area contributed by atoms with E-state index in [1.54, 1.807) is 0 Å². The van der Waals surface area contributed by atoms with Gasteiger partial charge >= 0.3 is 0 Å². The lowest BCUT2D eigenvalue weighted by Crippen LogP contribution is -1.72. The summed E-state index contributed by atoms with van der Waals surface area (Å²) in [5, 5.41) is 0. The fourth-order valence-corrected chi connectivity index (χ4v) is 0.833. The third kappa shape index (κ3) is 2.31. The van der Waals surface area contributed by atoms with Gasteiger partial charge in [-0.05, 0) is 19.8 Å². The summed E-state index contributed by atoms with van der Waals surface area (Å²) in [6, 6.07) is 0. The van der Waals surface area contributed by atoms with E-state index in [0.717, 1.165) is 0 Å². The fourth-order valence-electron chi connectivity index (χ4n) is 0.833. The van der Waals surface area contributed by atoms with Gasteiger partial charge in [0.1, 0.15) is 0 Å². The van der Waals surface area contributed by atoms with Crippen molar-refractivity contribution in [2.75, 3.05) is 0 Å². The van der Waals surface area contributed by atoms with Crippen molar-refractivity contribution in [3.05, 3.63) is 36.0 Å². The maximum Gasteiger partial charge on any atom is -0.0313 e. The predicted octanol–water partition coefficient (Wildman–Crippen LogP) is 2.84. The Kier molecular flexibility index (Phi) is 2.32. The number of hydrogen-bond acceptors (Lipinski definition) is 0. The number of rotatable bonds is 0. The Morgan fingerprint density at radius 2 is 2.00 bits per heavy atom. The van der Waals surface area contributed by atoms with Gasteiger partial charge in [0.2, 0.25) is 0 Å². The second-order valence-corrected chi connectivity index (χ2v) is 2.32. The van der Waals surface area contributed by atoms with Crippen LogP contribution in [0.2, 0.25) is 0 Å². The molecule has 0 amide bonds. The number of allylic oxidation sites excluding steroid dienone is 6. The molecule has 0 atom stereocenters. The summed E-state index contributed by atoms with van der Waals surface area (Å²) < 4.78 is 0. The van der Waals surface area contributed by atoms with Gasteiger partial charge < -0.3 is 0 Å². The third-order valence-electron chi connectivity index (χ3n) is 1.38. The van der Waals surface area contributed by atoms with Crippen LogP contribution in [0.1, 0.15) is 19.8 Å². The summed E-state index contributed by atoms with van der Waals surface area (Å²) in [4.78, 5) is 0. The molecule has 0 unspecified atom stereocenters. The molecule has 0 aromatic rings. The Balaban J connectivity index is 2.66. The van der Waals surface area contributed by atoms with Gasteiger partial charge in [0.05, 0.1) is 0 Å². The van der Waals surface area contributed by atoms with Crippen molar-refractivity contribution in [3.8, 4) is 0 Å². The monoisotopic (exact) mass is 120 g/mol. The molecule has 1 aliphatic rings. The summed E-state index contributed by atoms with van der Waals surface area (Å²) >= 11 is 0. The van der Waals surface area contributed by atoms with Crippen molar-refractivity contribution in [2.24, 2.45) is 0 Å². The molecule has 0 heterocycles. The summed E-state index contributed by atoms with van der Waals surface area (Å²) in [5.74, 6) is 0. The molecule has 0 fully saturated rings. The van der Waals surface area contributed by atoms with Gasteiger partial charge in [0.15, 0.2) is 0 Å². The van der Waals surface area contributed by atoms with Crippen LogP contribution in [-0.4, -0.2) is 0 Å². The van der Waals surface area contributed by atoms with E-state index in [2.05, 4.69) is 37.3 Å². The topological polar surface area (TPSA) is 0 Å². The van der Waals surface area contributed by atoms with Gasteiger partial charge in [-0.2, -0.15) is 0 Å². The van der Waals surface area contributed by atoms with Gasteiger partial charge in [0.25, 0.3) is 0 Å². The van der Waals surface area contributed by atoms with E-state index >= 15 is 0 Å². The van der Waals surface area contributed by atoms with Crippen molar-refractivity contribution < 1.29 is 0 Å². The predicted molar refractivity (Wildman–Crippen MR) is 41.3 cm³/mol. The highest BCUT2D eigenvalue weighted by atomic mass is 13.9. The molecule has 0 aliphatic heterocycles. The standard InChI is InChI=1S/C9H12/c1-9-7-5-3-2-4-6-8-9/h3,5-8H,2,4H2,1H3. The SMILES string of the molecule is CC1=CC=CCCC=C1. The maximum absolute atomic E-state index is 2.22. The highest BCUT2D eigenvalue weighted by Gasteiger charge is 1.82. The zero-order chi connectivity index (χ0) is 6.53. The summed E-state index contributed by atoms with van der Waals surface area (Å²) in [6.07, 6.45) is 13.2. The molecule has 1 aliphatic carbocycles. The van der Waals surface area contributed by atoms with Crippen LogP contribution >= 0.6 is 0 Å². The Morgan fingerprint density at radius 3 is 2.89 bits per heavy atom. The van der Waals surface area contributed by atoms with Crippen molar-refractivity contribution in [2.45, 2.75) is 19.8 Å². The molecule has 0 N–H and O–H groups in total. The molecule has 0 spiro atoms. The first-order valence-electron chi connectivity index (χ1n) is 3.39. The van der Waals surface area contributed by atoms with Crippen LogP contribution in [0, 0.1) is 0 Å². The summed E-state index contributed by atoms with van der Waals surface area (Å²) in [7, 11) is 0. The molecule has 0 saturated carbocycles. The first kappa shape index (κ1) is 6.34. The van der Waals surface area contributed by atoms with Crippen LogP contribution in [0.4, 0.5) is 0 Å². The minimum atomic E-state index is 1.18. The summed E-state index contributed by atoms with van der Waals surface area (Å²) in [5.41, 5.74) is 1.34. The zero-order valence-electron chi connectivity index (χ0n) is 5.80. The lowest BCUT2D eigenvalue weighted by molar-refractivity contribution is 1.05. The van der Waals surface area contributed by atoms with Gasteiger partial charge in [0, 0.05) is 0 Å². The van der Waals surface area contributed by atoms with E-state index in [9.17, 15) is 0 Å². The Labute approximate surface area is 56.6 Å². The second kappa shape index (κ2) is 3.29. The van der Waals surface area contributed by atoms with E-state index in [0.29, 0.717) is 0 Å². The van der Waals surface area contributed by atoms with E-state index in [1.165, 1.54) is 18.4 Å². The lowest BCUT2D eigenvalue weighted by atomic mass is 10.1. The smallest absolute Gasteiger partial charge is 0.0313 e. The molecule has 0 aromatic heterocycles. The molecular weight excluding hydrogens is 108 g/mol. The van der Waals surface area contributed by atoms with Crippen molar-refractivity contribution in [3.63, 3.8) is 0 Å². The quantitative estimate of drug-likeness (QED) is 0.461. The summed E-state index contributed by atoms with van der Waals surface area (Å²) in [6.45, 7) is 2.12. The Hall–Kier alpha value is -0.780. The Morgan fingerprint density at radius 1 is 1.22 bits per heavy atom. The Bertz CT molecular complexity index is 159. The van der Waals surface area contributed by atoms with Gasteiger partial charge in [-0.25, -0.2) is 0 Å². The molecule has 0 nitrogen and oxygen atoms in total. The maximum atomic E-state index is 2.22. The highest BCUT2D eigenvalue weighted by molar-refractivity contribution is 5.22. The van der Waals surface area contributed by atoms with E-state index in [4.69, 9.17) is 0 Å². The van der Waals surface area contributed by atoms with Gasteiger partial charge in [-0.3, -0.25) is 0 Å². The van der Waals surface area contributed by atoms with E-state index < -0.39 is 0 Å². The minimum absolute atomic E-state index is 1.18. The van der Waals surface area contributed by atoms with Crippen LogP contribution in [0.3, 0.4) is 0 Å². The number of hydrogen-bond donors (Lipinski definition) is 0. The molecule has 1 rings (SSSR count). The van der Waals surface area contributed by atoms with Crippen molar-refractivity contribution in [1.82, 2.24) is 0 Å². The molecule has 0 radical (unpaired) electrons. The largest absolute Gasteiger partial charge is 0.0842 e. The molecule has 0 heteroatoms. The van der Waals surface area contributed by atoms with Crippen molar-refractivity contribution in [1.29, 1.82) is 0 Å². The van der Waals surface area contributed by atoms with Crippen LogP contribution in [0.25, 0.3) is 0 Å². The molecule has 0 bridgehead atoms. The van der Waals surface area contributed by atoms with Crippen LogP contribution in [0.5, 0.6) is 0 Å². The third-order valence-corrected chi connectivity index (χ3v) is 1.38. The minimum Gasteiger partial charge on any atom is -0.0842 e. The fraction of sp³-hybridized carbons (Fsp3) is 0.333. The zero-order valence-corrected chi connectivity index (χ0v) is 5.80. The van der Waals surface area contributed by atoms with Gasteiger partial charge in [-0.1, -0.05) is 36.0 Å².